The van der Waals surface area contributed by atoms with Crippen LogP contribution >= 0.6 is 28.3 Å². The number of aromatic nitrogens is 2. The second-order valence-corrected chi connectivity index (χ2v) is 7.10. The van der Waals surface area contributed by atoms with E-state index in [1.165, 1.54) is 19.3 Å². The van der Waals surface area contributed by atoms with Gasteiger partial charge >= 0.3 is 0 Å². The third-order valence-corrected chi connectivity index (χ3v) is 5.01. The largest absolute Gasteiger partial charge is 0.338 e. The topological polar surface area (TPSA) is 54.2 Å². The predicted molar refractivity (Wildman–Crippen MR) is 94.5 cm³/mol. The Morgan fingerprint density at radius 2 is 2.13 bits per heavy atom. The quantitative estimate of drug-likeness (QED) is 0.858. The standard InChI is InChI=1S/C16H19BrN4O.ClH/c17-12-3-1-2-11(8-12)16-19-15(22-20-16)10-21-7-6-13-4-5-14(9-21)18-13;/h1-3,8,13-14,18H,4-7,9-10H2;1H. The van der Waals surface area contributed by atoms with Crippen LogP contribution in [0.1, 0.15) is 25.2 Å². The summed E-state index contributed by atoms with van der Waals surface area (Å²) in [5.74, 6) is 1.36. The van der Waals surface area contributed by atoms with Crippen LogP contribution in [0.25, 0.3) is 11.4 Å². The first-order chi connectivity index (χ1) is 10.8. The van der Waals surface area contributed by atoms with Crippen molar-refractivity contribution in [2.75, 3.05) is 13.1 Å². The summed E-state index contributed by atoms with van der Waals surface area (Å²) >= 11 is 3.47. The van der Waals surface area contributed by atoms with E-state index in [0.29, 0.717) is 23.8 Å². The smallest absolute Gasteiger partial charge is 0.241 e. The van der Waals surface area contributed by atoms with Crippen LogP contribution in [0.3, 0.4) is 0 Å². The summed E-state index contributed by atoms with van der Waals surface area (Å²) in [7, 11) is 0. The molecule has 2 aliphatic heterocycles. The third-order valence-electron chi connectivity index (χ3n) is 4.52. The maximum absolute atomic E-state index is 5.44. The van der Waals surface area contributed by atoms with Crippen molar-refractivity contribution >= 4 is 28.3 Å². The summed E-state index contributed by atoms with van der Waals surface area (Å²) in [5.41, 5.74) is 0.973. The molecular formula is C16H20BrClN4O. The summed E-state index contributed by atoms with van der Waals surface area (Å²) < 4.78 is 6.46. The van der Waals surface area contributed by atoms with Crippen LogP contribution in [0.15, 0.2) is 33.3 Å². The van der Waals surface area contributed by atoms with Crippen molar-refractivity contribution in [2.24, 2.45) is 0 Å². The van der Waals surface area contributed by atoms with E-state index >= 15 is 0 Å². The minimum atomic E-state index is 0. The average molecular weight is 400 g/mol. The molecule has 5 nitrogen and oxygen atoms in total. The molecule has 2 bridgehead atoms. The Labute approximate surface area is 150 Å². The van der Waals surface area contributed by atoms with Crippen molar-refractivity contribution in [3.05, 3.63) is 34.6 Å². The van der Waals surface area contributed by atoms with Crippen LogP contribution in [0, 0.1) is 0 Å². The number of halogens is 2. The molecule has 0 aliphatic carbocycles. The second-order valence-electron chi connectivity index (χ2n) is 6.18. The van der Waals surface area contributed by atoms with E-state index in [1.54, 1.807) is 0 Å². The van der Waals surface area contributed by atoms with Gasteiger partial charge in [0.1, 0.15) is 0 Å². The Morgan fingerprint density at radius 3 is 3.00 bits per heavy atom. The van der Waals surface area contributed by atoms with E-state index in [1.807, 2.05) is 24.3 Å². The highest BCUT2D eigenvalue weighted by atomic mass is 79.9. The highest BCUT2D eigenvalue weighted by Crippen LogP contribution is 2.23. The van der Waals surface area contributed by atoms with Crippen LogP contribution in [0.5, 0.6) is 0 Å². The van der Waals surface area contributed by atoms with E-state index in [2.05, 4.69) is 36.3 Å². The lowest BCUT2D eigenvalue weighted by Crippen LogP contribution is -2.35. The van der Waals surface area contributed by atoms with Gasteiger partial charge in [-0.1, -0.05) is 33.2 Å². The van der Waals surface area contributed by atoms with Gasteiger partial charge in [0.2, 0.25) is 11.7 Å². The van der Waals surface area contributed by atoms with Gasteiger partial charge < -0.3 is 9.84 Å². The maximum atomic E-state index is 5.44. The van der Waals surface area contributed by atoms with E-state index in [4.69, 9.17) is 4.52 Å². The minimum Gasteiger partial charge on any atom is -0.338 e. The van der Waals surface area contributed by atoms with Gasteiger partial charge in [0.05, 0.1) is 6.54 Å². The molecule has 1 aromatic carbocycles. The average Bonchev–Trinajstić information content (AvgIpc) is 3.08. The van der Waals surface area contributed by atoms with E-state index in [0.717, 1.165) is 29.7 Å². The molecule has 2 aliphatic rings. The molecule has 2 fully saturated rings. The molecule has 3 heterocycles. The summed E-state index contributed by atoms with van der Waals surface area (Å²) in [6.45, 7) is 2.92. The SMILES string of the molecule is Brc1cccc(-c2noc(CN3CCC4CCC(C3)N4)n2)c1.Cl. The number of nitrogens with zero attached hydrogens (tertiary/aromatic N) is 3. The van der Waals surface area contributed by atoms with Crippen molar-refractivity contribution in [1.29, 1.82) is 0 Å². The van der Waals surface area contributed by atoms with Crippen molar-refractivity contribution in [3.8, 4) is 11.4 Å². The van der Waals surface area contributed by atoms with Gasteiger partial charge in [-0.3, -0.25) is 4.90 Å². The van der Waals surface area contributed by atoms with Gasteiger partial charge in [-0.2, -0.15) is 4.98 Å². The minimum absolute atomic E-state index is 0. The van der Waals surface area contributed by atoms with Gasteiger partial charge in [-0.15, -0.1) is 12.4 Å². The zero-order valence-electron chi connectivity index (χ0n) is 12.7. The lowest BCUT2D eigenvalue weighted by Gasteiger charge is -2.21. The molecule has 7 heteroatoms. The molecule has 1 N–H and O–H groups in total. The van der Waals surface area contributed by atoms with Crippen LogP contribution in [-0.2, 0) is 6.54 Å². The van der Waals surface area contributed by atoms with E-state index in [-0.39, 0.29) is 12.4 Å². The van der Waals surface area contributed by atoms with E-state index in [9.17, 15) is 0 Å². The molecule has 0 amide bonds. The van der Waals surface area contributed by atoms with Gasteiger partial charge in [-0.25, -0.2) is 0 Å². The highest BCUT2D eigenvalue weighted by molar-refractivity contribution is 9.10. The molecule has 0 saturated carbocycles. The maximum Gasteiger partial charge on any atom is 0.241 e. The van der Waals surface area contributed by atoms with Crippen LogP contribution in [0.4, 0.5) is 0 Å². The Hall–Kier alpha value is -0.950. The third kappa shape index (κ3) is 3.94. The first kappa shape index (κ1) is 16.9. The van der Waals surface area contributed by atoms with Crippen molar-refractivity contribution in [3.63, 3.8) is 0 Å². The Balaban J connectivity index is 0.00000156. The fraction of sp³-hybridized carbons (Fsp3) is 0.500. The number of hydrogen-bond donors (Lipinski definition) is 1. The number of likely N-dealkylation sites (tertiary alicyclic amines) is 1. The number of hydrogen-bond acceptors (Lipinski definition) is 5. The Morgan fingerprint density at radius 1 is 1.26 bits per heavy atom. The Kier molecular flexibility index (Phi) is 5.36. The molecule has 2 unspecified atom stereocenters. The lowest BCUT2D eigenvalue weighted by atomic mass is 10.1. The number of rotatable bonds is 3. The molecule has 23 heavy (non-hydrogen) atoms. The van der Waals surface area contributed by atoms with Crippen molar-refractivity contribution in [1.82, 2.24) is 20.4 Å². The number of benzene rings is 1. The first-order valence-electron chi connectivity index (χ1n) is 7.83. The molecule has 2 aromatic rings. The van der Waals surface area contributed by atoms with Gasteiger partial charge in [0.15, 0.2) is 0 Å². The zero-order valence-corrected chi connectivity index (χ0v) is 15.1. The monoisotopic (exact) mass is 398 g/mol. The Bertz CT molecular complexity index is 665. The predicted octanol–water partition coefficient (Wildman–Crippen LogP) is 3.25. The highest BCUT2D eigenvalue weighted by Gasteiger charge is 2.29. The fourth-order valence-electron chi connectivity index (χ4n) is 3.41. The number of fused-ring (bicyclic) bond motifs is 2. The lowest BCUT2D eigenvalue weighted by molar-refractivity contribution is 0.216. The molecule has 2 atom stereocenters. The summed E-state index contributed by atoms with van der Waals surface area (Å²) in [6, 6.07) is 9.29. The second kappa shape index (κ2) is 7.30. The molecule has 2 saturated heterocycles. The van der Waals surface area contributed by atoms with Gasteiger partial charge in [-0.05, 0) is 31.4 Å². The zero-order chi connectivity index (χ0) is 14.9. The van der Waals surface area contributed by atoms with Crippen LogP contribution in [0.2, 0.25) is 0 Å². The van der Waals surface area contributed by atoms with Crippen molar-refractivity contribution < 1.29 is 4.52 Å². The van der Waals surface area contributed by atoms with Crippen LogP contribution < -0.4 is 5.32 Å². The molecule has 124 valence electrons. The van der Waals surface area contributed by atoms with Gasteiger partial charge in [0, 0.05) is 35.2 Å². The molecule has 0 radical (unpaired) electrons. The first-order valence-corrected chi connectivity index (χ1v) is 8.62. The molecule has 0 spiro atoms. The van der Waals surface area contributed by atoms with E-state index < -0.39 is 0 Å². The summed E-state index contributed by atoms with van der Waals surface area (Å²) in [5, 5.41) is 7.81. The molecule has 1 aromatic heterocycles. The van der Waals surface area contributed by atoms with Crippen molar-refractivity contribution in [2.45, 2.75) is 37.9 Å². The normalized spacial score (nSPS) is 24.2. The van der Waals surface area contributed by atoms with Gasteiger partial charge in [0.25, 0.3) is 0 Å². The number of nitrogens with one attached hydrogen (secondary N) is 1. The van der Waals surface area contributed by atoms with Crippen LogP contribution in [-0.4, -0.2) is 40.2 Å². The molecule has 4 rings (SSSR count). The fourth-order valence-corrected chi connectivity index (χ4v) is 3.81. The molecular weight excluding hydrogens is 380 g/mol. The summed E-state index contributed by atoms with van der Waals surface area (Å²) in [4.78, 5) is 6.97. The summed E-state index contributed by atoms with van der Waals surface area (Å²) in [6.07, 6.45) is 3.82.